The van der Waals surface area contributed by atoms with Gasteiger partial charge >= 0.3 is 6.18 Å². The SMILES string of the molecule is O=C1CCCC2=C1C=C(c1cccc(C(F)(F)F)c1)NN2O. The highest BCUT2D eigenvalue weighted by Crippen LogP contribution is 2.33. The molecule has 0 amide bonds. The Morgan fingerprint density at radius 2 is 2.00 bits per heavy atom. The molecule has 2 aliphatic rings. The fourth-order valence-electron chi connectivity index (χ4n) is 2.60. The predicted octanol–water partition coefficient (Wildman–Crippen LogP) is 3.26. The molecule has 7 heteroatoms. The number of alkyl halides is 3. The van der Waals surface area contributed by atoms with Crippen molar-refractivity contribution in [1.29, 1.82) is 0 Å². The molecular weight excluding hydrogens is 297 g/mol. The number of rotatable bonds is 1. The third-order valence-electron chi connectivity index (χ3n) is 3.70. The van der Waals surface area contributed by atoms with Gasteiger partial charge in [-0.3, -0.25) is 15.4 Å². The molecule has 0 spiro atoms. The van der Waals surface area contributed by atoms with Gasteiger partial charge in [0.2, 0.25) is 0 Å². The normalized spacial score (nSPS) is 18.8. The Bertz CT molecular complexity index is 692. The smallest absolute Gasteiger partial charge is 0.294 e. The molecule has 0 radical (unpaired) electrons. The van der Waals surface area contributed by atoms with Gasteiger partial charge in [-0.15, -0.1) is 0 Å². The van der Waals surface area contributed by atoms with Crippen molar-refractivity contribution in [2.24, 2.45) is 0 Å². The highest BCUT2D eigenvalue weighted by molar-refractivity contribution is 6.01. The van der Waals surface area contributed by atoms with Crippen molar-refractivity contribution >= 4 is 11.5 Å². The third-order valence-corrected chi connectivity index (χ3v) is 3.70. The van der Waals surface area contributed by atoms with Gasteiger partial charge in [-0.1, -0.05) is 12.1 Å². The number of hydroxylamine groups is 1. The summed E-state index contributed by atoms with van der Waals surface area (Å²) in [6.45, 7) is 0. The van der Waals surface area contributed by atoms with E-state index in [0.29, 0.717) is 30.5 Å². The Balaban J connectivity index is 2.03. The molecular formula is C15H13F3N2O2. The quantitative estimate of drug-likeness (QED) is 0.836. The molecule has 1 aliphatic heterocycles. The first kappa shape index (κ1) is 14.6. The van der Waals surface area contributed by atoms with Crippen LogP contribution in [-0.4, -0.2) is 16.2 Å². The van der Waals surface area contributed by atoms with Crippen LogP contribution in [0.3, 0.4) is 0 Å². The van der Waals surface area contributed by atoms with Crippen LogP contribution in [0.25, 0.3) is 5.70 Å². The van der Waals surface area contributed by atoms with Crippen molar-refractivity contribution in [1.82, 2.24) is 10.6 Å². The number of hydrogen-bond donors (Lipinski definition) is 2. The maximum atomic E-state index is 12.8. The molecule has 0 saturated carbocycles. The van der Waals surface area contributed by atoms with Gasteiger partial charge in [-0.2, -0.15) is 18.3 Å². The number of allylic oxidation sites excluding steroid dienone is 3. The van der Waals surface area contributed by atoms with Crippen LogP contribution in [0.5, 0.6) is 0 Å². The summed E-state index contributed by atoms with van der Waals surface area (Å²) in [7, 11) is 0. The lowest BCUT2D eigenvalue weighted by Gasteiger charge is -2.31. The van der Waals surface area contributed by atoms with E-state index in [9.17, 15) is 23.2 Å². The zero-order valence-corrected chi connectivity index (χ0v) is 11.4. The van der Waals surface area contributed by atoms with Crippen LogP contribution in [-0.2, 0) is 11.0 Å². The van der Waals surface area contributed by atoms with Crippen LogP contribution in [0.15, 0.2) is 41.6 Å². The van der Waals surface area contributed by atoms with E-state index in [1.807, 2.05) is 0 Å². The molecule has 4 nitrogen and oxygen atoms in total. The number of halogens is 3. The number of ketones is 1. The second kappa shape index (κ2) is 5.17. The van der Waals surface area contributed by atoms with E-state index in [4.69, 9.17) is 0 Å². The minimum atomic E-state index is -4.45. The number of Topliss-reactive ketones (excluding diaryl/α,β-unsaturated/α-hetero) is 1. The Morgan fingerprint density at radius 1 is 1.23 bits per heavy atom. The molecule has 0 saturated heterocycles. The first-order valence-electron chi connectivity index (χ1n) is 6.77. The summed E-state index contributed by atoms with van der Waals surface area (Å²) in [5.41, 5.74) is 3.12. The van der Waals surface area contributed by atoms with Crippen LogP contribution in [0.4, 0.5) is 13.2 Å². The zero-order valence-electron chi connectivity index (χ0n) is 11.4. The average molecular weight is 310 g/mol. The van der Waals surface area contributed by atoms with Gasteiger partial charge in [0.1, 0.15) is 0 Å². The van der Waals surface area contributed by atoms with Crippen LogP contribution in [0, 0.1) is 0 Å². The first-order valence-corrected chi connectivity index (χ1v) is 6.77. The molecule has 1 heterocycles. The highest BCUT2D eigenvalue weighted by Gasteiger charge is 2.32. The second-order valence-electron chi connectivity index (χ2n) is 5.20. The minimum absolute atomic E-state index is 0.119. The molecule has 1 aromatic rings. The van der Waals surface area contributed by atoms with Gasteiger partial charge in [0.25, 0.3) is 0 Å². The molecule has 0 fully saturated rings. The van der Waals surface area contributed by atoms with Crippen molar-refractivity contribution in [3.8, 4) is 0 Å². The molecule has 116 valence electrons. The molecule has 1 aliphatic carbocycles. The number of nitrogens with one attached hydrogen (secondary N) is 1. The molecule has 0 aromatic heterocycles. The van der Waals surface area contributed by atoms with E-state index in [0.717, 1.165) is 17.3 Å². The Labute approximate surface area is 124 Å². The van der Waals surface area contributed by atoms with Crippen molar-refractivity contribution in [2.75, 3.05) is 0 Å². The van der Waals surface area contributed by atoms with Crippen molar-refractivity contribution < 1.29 is 23.2 Å². The lowest BCUT2D eigenvalue weighted by Crippen LogP contribution is -2.38. The number of carbonyl (C=O) groups excluding carboxylic acids is 1. The van der Waals surface area contributed by atoms with E-state index in [1.165, 1.54) is 18.2 Å². The summed E-state index contributed by atoms with van der Waals surface area (Å²) in [5, 5.41) is 10.7. The highest BCUT2D eigenvalue weighted by atomic mass is 19.4. The van der Waals surface area contributed by atoms with E-state index in [-0.39, 0.29) is 17.0 Å². The monoisotopic (exact) mass is 310 g/mol. The summed E-state index contributed by atoms with van der Waals surface area (Å²) in [4.78, 5) is 11.9. The Morgan fingerprint density at radius 3 is 2.73 bits per heavy atom. The number of carbonyl (C=O) groups is 1. The van der Waals surface area contributed by atoms with Crippen LogP contribution < -0.4 is 5.43 Å². The summed E-state index contributed by atoms with van der Waals surface area (Å²) in [5.74, 6) is -0.119. The van der Waals surface area contributed by atoms with Crippen LogP contribution in [0.2, 0.25) is 0 Å². The second-order valence-corrected chi connectivity index (χ2v) is 5.20. The Hall–Kier alpha value is -2.28. The number of benzene rings is 1. The lowest BCUT2D eigenvalue weighted by atomic mass is 9.92. The van der Waals surface area contributed by atoms with E-state index < -0.39 is 11.7 Å². The molecule has 0 atom stereocenters. The minimum Gasteiger partial charge on any atom is -0.294 e. The fraction of sp³-hybridized carbons (Fsp3) is 0.267. The van der Waals surface area contributed by atoms with Gasteiger partial charge in [0, 0.05) is 17.6 Å². The topological polar surface area (TPSA) is 52.6 Å². The van der Waals surface area contributed by atoms with Gasteiger partial charge in [0.15, 0.2) is 5.78 Å². The molecule has 3 rings (SSSR count). The van der Waals surface area contributed by atoms with Crippen LogP contribution in [0.1, 0.15) is 30.4 Å². The summed E-state index contributed by atoms with van der Waals surface area (Å²) in [6.07, 6.45) is -1.40. The number of nitrogens with zero attached hydrogens (tertiary/aromatic N) is 1. The number of hydrogen-bond acceptors (Lipinski definition) is 4. The van der Waals surface area contributed by atoms with Gasteiger partial charge in [0.05, 0.1) is 17.0 Å². The standard InChI is InChI=1S/C15H13F3N2O2/c16-15(17,18)10-4-1-3-9(7-10)12-8-11-13(20(22)19-12)5-2-6-14(11)21/h1,3-4,7-8,19,22H,2,5-6H2. The molecule has 2 N–H and O–H groups in total. The van der Waals surface area contributed by atoms with Crippen molar-refractivity contribution in [3.63, 3.8) is 0 Å². The molecule has 0 unspecified atom stereocenters. The maximum Gasteiger partial charge on any atom is 0.416 e. The van der Waals surface area contributed by atoms with Gasteiger partial charge in [-0.05, 0) is 31.1 Å². The van der Waals surface area contributed by atoms with Crippen LogP contribution >= 0.6 is 0 Å². The summed E-state index contributed by atoms with van der Waals surface area (Å²) >= 11 is 0. The largest absolute Gasteiger partial charge is 0.416 e. The van der Waals surface area contributed by atoms with Gasteiger partial charge in [-0.25, -0.2) is 0 Å². The molecule has 1 aromatic carbocycles. The van der Waals surface area contributed by atoms with E-state index in [1.54, 1.807) is 0 Å². The van der Waals surface area contributed by atoms with E-state index >= 15 is 0 Å². The first-order chi connectivity index (χ1) is 10.4. The van der Waals surface area contributed by atoms with Crippen molar-refractivity contribution in [3.05, 3.63) is 52.7 Å². The third kappa shape index (κ3) is 2.59. The molecule has 0 bridgehead atoms. The number of hydrazine groups is 1. The summed E-state index contributed by atoms with van der Waals surface area (Å²) < 4.78 is 38.3. The molecule has 22 heavy (non-hydrogen) atoms. The average Bonchev–Trinajstić information content (AvgIpc) is 2.47. The zero-order chi connectivity index (χ0) is 15.9. The van der Waals surface area contributed by atoms with E-state index in [2.05, 4.69) is 5.43 Å². The summed E-state index contributed by atoms with van der Waals surface area (Å²) in [6, 6.07) is 4.72. The lowest BCUT2D eigenvalue weighted by molar-refractivity contribution is -0.137. The fourth-order valence-corrected chi connectivity index (χ4v) is 2.60. The van der Waals surface area contributed by atoms with Gasteiger partial charge < -0.3 is 0 Å². The maximum absolute atomic E-state index is 12.8. The predicted molar refractivity (Wildman–Crippen MR) is 72.1 cm³/mol. The van der Waals surface area contributed by atoms with Crippen molar-refractivity contribution in [2.45, 2.75) is 25.4 Å². The Kier molecular flexibility index (Phi) is 3.44.